The fourth-order valence-corrected chi connectivity index (χ4v) is 3.70. The molecule has 4 heterocycles. The largest absolute Gasteiger partial charge is 0.494 e. The first-order chi connectivity index (χ1) is 11.7. The molecule has 0 unspecified atom stereocenters. The predicted molar refractivity (Wildman–Crippen MR) is 93.9 cm³/mol. The van der Waals surface area contributed by atoms with E-state index in [0.29, 0.717) is 16.8 Å². The van der Waals surface area contributed by atoms with E-state index in [1.807, 2.05) is 18.5 Å². The van der Waals surface area contributed by atoms with Crippen LogP contribution < -0.4 is 10.1 Å². The molecule has 0 aliphatic carbocycles. The van der Waals surface area contributed by atoms with Gasteiger partial charge < -0.3 is 10.1 Å². The Kier molecular flexibility index (Phi) is 3.94. The number of piperidine rings is 1. The van der Waals surface area contributed by atoms with E-state index in [9.17, 15) is 0 Å². The van der Waals surface area contributed by atoms with Crippen molar-refractivity contribution in [3.63, 3.8) is 0 Å². The van der Waals surface area contributed by atoms with Crippen LogP contribution in [0.2, 0.25) is 5.02 Å². The van der Waals surface area contributed by atoms with Crippen molar-refractivity contribution in [3.8, 4) is 16.9 Å². The van der Waals surface area contributed by atoms with Gasteiger partial charge in [0.15, 0.2) is 0 Å². The number of nitrogens with one attached hydrogen (secondary N) is 1. The summed E-state index contributed by atoms with van der Waals surface area (Å²) in [6.45, 7) is 4.22. The molecule has 3 aromatic rings. The molecule has 0 radical (unpaired) electrons. The Morgan fingerprint density at radius 2 is 2.04 bits per heavy atom. The van der Waals surface area contributed by atoms with Gasteiger partial charge in [-0.3, -0.25) is 4.68 Å². The van der Waals surface area contributed by atoms with Crippen molar-refractivity contribution < 1.29 is 4.74 Å². The number of halogens is 1. The van der Waals surface area contributed by atoms with E-state index < -0.39 is 0 Å². The molecule has 7 heteroatoms. The number of hydrogen-bond acceptors (Lipinski definition) is 4. The molecule has 0 bridgehead atoms. The summed E-state index contributed by atoms with van der Waals surface area (Å²) in [5, 5.41) is 12.9. The molecule has 0 amide bonds. The van der Waals surface area contributed by atoms with Crippen LogP contribution in [0.1, 0.15) is 24.6 Å². The maximum absolute atomic E-state index is 6.21. The smallest absolute Gasteiger partial charge is 0.146 e. The lowest BCUT2D eigenvalue weighted by Gasteiger charge is -2.24. The number of ether oxygens (including phenoxy) is 1. The third-order valence-electron chi connectivity index (χ3n) is 4.76. The van der Waals surface area contributed by atoms with Gasteiger partial charge in [-0.1, -0.05) is 11.6 Å². The molecule has 0 atom stereocenters. The highest BCUT2D eigenvalue weighted by atomic mass is 35.5. The van der Waals surface area contributed by atoms with E-state index in [2.05, 4.69) is 27.1 Å². The van der Waals surface area contributed by atoms with Gasteiger partial charge in [0.05, 0.1) is 30.6 Å². The van der Waals surface area contributed by atoms with Crippen LogP contribution in [0.3, 0.4) is 0 Å². The summed E-state index contributed by atoms with van der Waals surface area (Å²) in [5.74, 6) is 0.712. The second-order valence-corrected chi connectivity index (χ2v) is 6.56. The highest BCUT2D eigenvalue weighted by Gasteiger charge is 2.20. The van der Waals surface area contributed by atoms with Gasteiger partial charge in [-0.2, -0.15) is 10.2 Å². The molecule has 1 saturated heterocycles. The van der Waals surface area contributed by atoms with Gasteiger partial charge in [-0.15, -0.1) is 0 Å². The zero-order chi connectivity index (χ0) is 16.7. The first-order valence-electron chi connectivity index (χ1n) is 8.15. The van der Waals surface area contributed by atoms with Gasteiger partial charge in [0.1, 0.15) is 11.3 Å². The zero-order valence-corrected chi connectivity index (χ0v) is 14.5. The Morgan fingerprint density at radius 3 is 2.79 bits per heavy atom. The number of pyridine rings is 1. The van der Waals surface area contributed by atoms with Crippen molar-refractivity contribution in [1.29, 1.82) is 0 Å². The van der Waals surface area contributed by atoms with Crippen LogP contribution in [0.25, 0.3) is 16.6 Å². The average molecular weight is 346 g/mol. The number of hydrogen-bond donors (Lipinski definition) is 1. The second kappa shape index (κ2) is 6.11. The summed E-state index contributed by atoms with van der Waals surface area (Å²) in [4.78, 5) is 0. The van der Waals surface area contributed by atoms with Crippen LogP contribution in [-0.2, 0) is 0 Å². The quantitative estimate of drug-likeness (QED) is 0.792. The van der Waals surface area contributed by atoms with E-state index in [0.717, 1.165) is 42.6 Å². The van der Waals surface area contributed by atoms with Crippen molar-refractivity contribution in [3.05, 3.63) is 35.4 Å². The molecule has 0 aromatic carbocycles. The lowest BCUT2D eigenvalue weighted by molar-refractivity contribution is 0.338. The minimum Gasteiger partial charge on any atom is -0.494 e. The Bertz CT molecular complexity index is 879. The van der Waals surface area contributed by atoms with Crippen LogP contribution in [0.4, 0.5) is 0 Å². The van der Waals surface area contributed by atoms with Gasteiger partial charge in [0.2, 0.25) is 0 Å². The fraction of sp³-hybridized carbons (Fsp3) is 0.412. The van der Waals surface area contributed by atoms with Crippen LogP contribution in [0.5, 0.6) is 5.75 Å². The Morgan fingerprint density at radius 1 is 1.25 bits per heavy atom. The van der Waals surface area contributed by atoms with E-state index >= 15 is 0 Å². The van der Waals surface area contributed by atoms with Crippen LogP contribution in [0, 0.1) is 6.92 Å². The van der Waals surface area contributed by atoms with Crippen molar-refractivity contribution in [1.82, 2.24) is 24.7 Å². The van der Waals surface area contributed by atoms with E-state index in [4.69, 9.17) is 16.3 Å². The number of nitrogens with zero attached hydrogens (tertiary/aromatic N) is 4. The standard InChI is InChI=1S/C17H20ClN5O/c1-11-14(8-21-23(11)13-3-5-19-6-4-13)12-7-16(24-2)17-15(18)9-20-22(17)10-12/h7-10,13,19H,3-6H2,1-2H3. The molecule has 24 heavy (non-hydrogen) atoms. The fourth-order valence-electron chi connectivity index (χ4n) is 3.48. The minimum atomic E-state index is 0.463. The third kappa shape index (κ3) is 2.46. The molecule has 126 valence electrons. The lowest BCUT2D eigenvalue weighted by Crippen LogP contribution is -2.30. The molecule has 4 rings (SSSR count). The Labute approximate surface area is 145 Å². The summed E-state index contributed by atoms with van der Waals surface area (Å²) in [5.41, 5.74) is 4.07. The van der Waals surface area contributed by atoms with E-state index in [1.54, 1.807) is 17.8 Å². The maximum Gasteiger partial charge on any atom is 0.146 e. The number of fused-ring (bicyclic) bond motifs is 1. The van der Waals surface area contributed by atoms with Crippen molar-refractivity contribution in [2.24, 2.45) is 0 Å². The van der Waals surface area contributed by atoms with Crippen LogP contribution in [0.15, 0.2) is 24.7 Å². The number of aromatic nitrogens is 4. The molecule has 6 nitrogen and oxygen atoms in total. The first kappa shape index (κ1) is 15.5. The first-order valence-corrected chi connectivity index (χ1v) is 8.53. The SMILES string of the molecule is COc1cc(-c2cnn(C3CCNCC3)c2C)cn2ncc(Cl)c12. The topological polar surface area (TPSA) is 56.4 Å². The van der Waals surface area contributed by atoms with Crippen molar-refractivity contribution in [2.45, 2.75) is 25.8 Å². The maximum atomic E-state index is 6.21. The van der Waals surface area contributed by atoms with Crippen molar-refractivity contribution >= 4 is 17.1 Å². The third-order valence-corrected chi connectivity index (χ3v) is 5.04. The minimum absolute atomic E-state index is 0.463. The lowest BCUT2D eigenvalue weighted by atomic mass is 10.1. The van der Waals surface area contributed by atoms with Crippen LogP contribution >= 0.6 is 11.6 Å². The highest BCUT2D eigenvalue weighted by molar-refractivity contribution is 6.34. The molecule has 0 spiro atoms. The normalized spacial score (nSPS) is 16.0. The summed E-state index contributed by atoms with van der Waals surface area (Å²) < 4.78 is 9.43. The summed E-state index contributed by atoms with van der Waals surface area (Å²) >= 11 is 6.21. The summed E-state index contributed by atoms with van der Waals surface area (Å²) in [7, 11) is 1.65. The number of methoxy groups -OCH3 is 1. The average Bonchev–Trinajstić information content (AvgIpc) is 3.18. The van der Waals surface area contributed by atoms with Crippen molar-refractivity contribution in [2.75, 3.05) is 20.2 Å². The van der Waals surface area contributed by atoms with Gasteiger partial charge in [0.25, 0.3) is 0 Å². The molecular formula is C17H20ClN5O. The molecule has 0 saturated carbocycles. The van der Waals surface area contributed by atoms with Gasteiger partial charge in [-0.05, 0) is 38.9 Å². The zero-order valence-electron chi connectivity index (χ0n) is 13.8. The van der Waals surface area contributed by atoms with Gasteiger partial charge in [0, 0.05) is 23.0 Å². The van der Waals surface area contributed by atoms with Gasteiger partial charge >= 0.3 is 0 Å². The summed E-state index contributed by atoms with van der Waals surface area (Å²) in [6, 6.07) is 2.46. The second-order valence-electron chi connectivity index (χ2n) is 6.15. The molecule has 1 aliphatic heterocycles. The Hall–Kier alpha value is -2.05. The van der Waals surface area contributed by atoms with Gasteiger partial charge in [-0.25, -0.2) is 4.52 Å². The highest BCUT2D eigenvalue weighted by Crippen LogP contribution is 2.34. The molecule has 1 fully saturated rings. The van der Waals surface area contributed by atoms with Crippen LogP contribution in [-0.4, -0.2) is 39.6 Å². The summed E-state index contributed by atoms with van der Waals surface area (Å²) in [6.07, 6.45) is 7.76. The molecule has 1 aliphatic rings. The van der Waals surface area contributed by atoms with E-state index in [1.165, 1.54) is 5.69 Å². The van der Waals surface area contributed by atoms with E-state index in [-0.39, 0.29) is 0 Å². The number of rotatable bonds is 3. The molecular weight excluding hydrogens is 326 g/mol. The predicted octanol–water partition coefficient (Wildman–Crippen LogP) is 3.09. The molecule has 1 N–H and O–H groups in total. The molecule has 3 aromatic heterocycles. The Balaban J connectivity index is 1.79. The monoisotopic (exact) mass is 345 g/mol.